The lowest BCUT2D eigenvalue weighted by atomic mass is 9.56. The van der Waals surface area contributed by atoms with Gasteiger partial charge in [-0.1, -0.05) is 32.9 Å². The summed E-state index contributed by atoms with van der Waals surface area (Å²) in [6.45, 7) is 13.1. The smallest absolute Gasteiger partial charge is 0.320 e. The summed E-state index contributed by atoms with van der Waals surface area (Å²) in [5, 5.41) is 0. The Morgan fingerprint density at radius 2 is 1.92 bits per heavy atom. The first-order valence-electron chi connectivity index (χ1n) is 9.64. The quantitative estimate of drug-likeness (QED) is 0.386. The molecule has 0 radical (unpaired) electrons. The second-order valence-corrected chi connectivity index (χ2v) is 9.88. The van der Waals surface area contributed by atoms with Crippen molar-refractivity contribution in [2.24, 2.45) is 46.3 Å². The Labute approximate surface area is 144 Å². The van der Waals surface area contributed by atoms with Gasteiger partial charge < -0.3 is 4.74 Å². The van der Waals surface area contributed by atoms with E-state index < -0.39 is 11.0 Å². The van der Waals surface area contributed by atoms with Crippen molar-refractivity contribution in [3.05, 3.63) is 12.2 Å². The van der Waals surface area contributed by atoms with E-state index in [-0.39, 0.29) is 29.0 Å². The summed E-state index contributed by atoms with van der Waals surface area (Å²) in [5.41, 5.74) is 0.266. The molecule has 5 unspecified atom stereocenters. The minimum absolute atomic E-state index is 0.0515. The summed E-state index contributed by atoms with van der Waals surface area (Å²) in [4.78, 5) is 25.7. The third kappa shape index (κ3) is 1.23. The molecular weight excluding hydrogens is 300 g/mol. The van der Waals surface area contributed by atoms with Gasteiger partial charge in [-0.05, 0) is 49.4 Å². The van der Waals surface area contributed by atoms with Crippen molar-refractivity contribution in [2.75, 3.05) is 0 Å². The molecule has 0 N–H and O–H groups in total. The van der Waals surface area contributed by atoms with Crippen LogP contribution in [0.15, 0.2) is 12.2 Å². The minimum Gasteiger partial charge on any atom is -0.457 e. The number of fused-ring (bicyclic) bond motifs is 1. The van der Waals surface area contributed by atoms with Crippen LogP contribution in [-0.2, 0) is 14.3 Å². The summed E-state index contributed by atoms with van der Waals surface area (Å²) in [7, 11) is 0. The molecule has 4 bridgehead atoms. The van der Waals surface area contributed by atoms with E-state index in [9.17, 15) is 9.59 Å². The minimum atomic E-state index is -0.916. The molecule has 0 aromatic rings. The van der Waals surface area contributed by atoms with Crippen LogP contribution >= 0.6 is 0 Å². The van der Waals surface area contributed by atoms with Crippen LogP contribution < -0.4 is 0 Å². The lowest BCUT2D eigenvalue weighted by Crippen LogP contribution is -2.55. The van der Waals surface area contributed by atoms with Gasteiger partial charge in [0.25, 0.3) is 0 Å². The average Bonchev–Trinajstić information content (AvgIpc) is 3.01. The second-order valence-electron chi connectivity index (χ2n) is 9.88. The molecule has 3 heteroatoms. The number of ketones is 1. The highest BCUT2D eigenvalue weighted by molar-refractivity contribution is 6.07. The molecule has 0 aromatic carbocycles. The van der Waals surface area contributed by atoms with Crippen molar-refractivity contribution in [3.63, 3.8) is 0 Å². The van der Waals surface area contributed by atoms with Gasteiger partial charge in [0.2, 0.25) is 0 Å². The molecule has 1 saturated heterocycles. The second kappa shape index (κ2) is 3.99. The van der Waals surface area contributed by atoms with E-state index in [2.05, 4.69) is 27.4 Å². The Kier molecular flexibility index (Phi) is 2.52. The van der Waals surface area contributed by atoms with Crippen LogP contribution in [0, 0.1) is 46.3 Å². The topological polar surface area (TPSA) is 43.4 Å². The van der Waals surface area contributed by atoms with Crippen LogP contribution in [0.3, 0.4) is 0 Å². The van der Waals surface area contributed by atoms with E-state index in [4.69, 9.17) is 4.74 Å². The molecule has 5 rings (SSSR count). The van der Waals surface area contributed by atoms with Crippen LogP contribution in [0.25, 0.3) is 0 Å². The zero-order valence-corrected chi connectivity index (χ0v) is 15.2. The standard InChI is InChI=1S/C21H28O3/c1-10-6-15-20(8-11(2)14(10)9-20)13(4)17-19(5)16(22)7-12(3)21(15,17)24-18(19)23/h10,12-15,17H,2,6-9H2,1,3-5H3/t10?,12?,13-,14+,15?,17?,19?,20+,21+/m0/s1. The molecule has 4 saturated carbocycles. The molecule has 5 aliphatic rings. The number of carbonyl (C=O) groups excluding carboxylic acids is 2. The Morgan fingerprint density at radius 3 is 2.62 bits per heavy atom. The third-order valence-corrected chi connectivity index (χ3v) is 9.26. The van der Waals surface area contributed by atoms with Crippen LogP contribution in [-0.4, -0.2) is 17.4 Å². The Bertz CT molecular complexity index is 695. The van der Waals surface area contributed by atoms with Crippen LogP contribution in [0.4, 0.5) is 0 Å². The number of hydrogen-bond acceptors (Lipinski definition) is 3. The van der Waals surface area contributed by atoms with E-state index in [0.29, 0.717) is 30.1 Å². The molecular formula is C21H28O3. The lowest BCUT2D eigenvalue weighted by Gasteiger charge is -2.48. The van der Waals surface area contributed by atoms with Gasteiger partial charge in [0.1, 0.15) is 11.0 Å². The first-order chi connectivity index (χ1) is 11.2. The molecule has 1 aliphatic heterocycles. The molecule has 24 heavy (non-hydrogen) atoms. The normalized spacial score (nSPS) is 60.9. The number of allylic oxidation sites excluding steroid dienone is 1. The highest BCUT2D eigenvalue weighted by atomic mass is 16.6. The average molecular weight is 328 g/mol. The molecule has 4 aliphatic carbocycles. The third-order valence-electron chi connectivity index (χ3n) is 9.26. The molecule has 9 atom stereocenters. The van der Waals surface area contributed by atoms with Crippen molar-refractivity contribution in [1.29, 1.82) is 0 Å². The van der Waals surface area contributed by atoms with Crippen LogP contribution in [0.5, 0.6) is 0 Å². The summed E-state index contributed by atoms with van der Waals surface area (Å²) in [6, 6.07) is 0. The first kappa shape index (κ1) is 15.2. The first-order valence-corrected chi connectivity index (χ1v) is 9.64. The van der Waals surface area contributed by atoms with Gasteiger partial charge in [-0.2, -0.15) is 0 Å². The molecule has 0 amide bonds. The zero-order valence-electron chi connectivity index (χ0n) is 15.2. The molecule has 1 heterocycles. The van der Waals surface area contributed by atoms with Gasteiger partial charge >= 0.3 is 5.97 Å². The van der Waals surface area contributed by atoms with Crippen molar-refractivity contribution in [1.82, 2.24) is 0 Å². The maximum absolute atomic E-state index is 12.9. The summed E-state index contributed by atoms with van der Waals surface area (Å²) in [6.07, 6.45) is 3.87. The predicted octanol–water partition coefficient (Wildman–Crippen LogP) is 3.77. The van der Waals surface area contributed by atoms with Gasteiger partial charge in [0.05, 0.1) is 0 Å². The van der Waals surface area contributed by atoms with E-state index >= 15 is 0 Å². The van der Waals surface area contributed by atoms with Crippen molar-refractivity contribution in [2.45, 2.75) is 59.0 Å². The van der Waals surface area contributed by atoms with Crippen LogP contribution in [0.1, 0.15) is 53.4 Å². The Balaban J connectivity index is 1.75. The molecule has 1 spiro atoms. The number of hydrogen-bond donors (Lipinski definition) is 0. The summed E-state index contributed by atoms with van der Waals surface area (Å²) in [5.74, 6) is 2.03. The molecule has 3 nitrogen and oxygen atoms in total. The predicted molar refractivity (Wildman–Crippen MR) is 89.9 cm³/mol. The van der Waals surface area contributed by atoms with Crippen molar-refractivity contribution in [3.8, 4) is 0 Å². The number of carbonyl (C=O) groups is 2. The monoisotopic (exact) mass is 328 g/mol. The SMILES string of the molecule is C=C1C[C@]23C[C@@H]1C(C)CC2[C@]12OC(=O)C(C)(C(=O)CC1C)C2[C@@H]3C. The van der Waals surface area contributed by atoms with E-state index in [1.165, 1.54) is 12.0 Å². The van der Waals surface area contributed by atoms with E-state index in [1.54, 1.807) is 0 Å². The lowest BCUT2D eigenvalue weighted by molar-refractivity contribution is -0.165. The Hall–Kier alpha value is -1.12. The maximum Gasteiger partial charge on any atom is 0.320 e. The Morgan fingerprint density at radius 1 is 1.21 bits per heavy atom. The van der Waals surface area contributed by atoms with E-state index in [1.807, 2.05) is 6.92 Å². The summed E-state index contributed by atoms with van der Waals surface area (Å²) >= 11 is 0. The highest BCUT2D eigenvalue weighted by Crippen LogP contribution is 2.78. The fourth-order valence-electron chi connectivity index (χ4n) is 8.22. The van der Waals surface area contributed by atoms with Crippen molar-refractivity contribution >= 4 is 11.8 Å². The molecule has 5 fully saturated rings. The van der Waals surface area contributed by atoms with E-state index in [0.717, 1.165) is 12.8 Å². The zero-order chi connectivity index (χ0) is 17.2. The molecule has 130 valence electrons. The number of ether oxygens (including phenoxy) is 1. The fourth-order valence-corrected chi connectivity index (χ4v) is 8.22. The van der Waals surface area contributed by atoms with Gasteiger partial charge in [-0.15, -0.1) is 0 Å². The van der Waals surface area contributed by atoms with Gasteiger partial charge in [-0.3, -0.25) is 9.59 Å². The van der Waals surface area contributed by atoms with Crippen molar-refractivity contribution < 1.29 is 14.3 Å². The highest BCUT2D eigenvalue weighted by Gasteiger charge is 2.83. The molecule has 0 aromatic heterocycles. The van der Waals surface area contributed by atoms with Gasteiger partial charge in [0.15, 0.2) is 5.78 Å². The van der Waals surface area contributed by atoms with Crippen LogP contribution in [0.2, 0.25) is 0 Å². The number of esters is 1. The van der Waals surface area contributed by atoms with Gasteiger partial charge in [-0.25, -0.2) is 0 Å². The van der Waals surface area contributed by atoms with Gasteiger partial charge in [0, 0.05) is 24.2 Å². The number of Topliss-reactive ketones (excluding diaryl/α,β-unsaturated/α-hetero) is 1. The maximum atomic E-state index is 12.9. The number of rotatable bonds is 0. The largest absolute Gasteiger partial charge is 0.457 e. The fraction of sp³-hybridized carbons (Fsp3) is 0.810. The summed E-state index contributed by atoms with van der Waals surface area (Å²) < 4.78 is 6.26.